The fourth-order valence-corrected chi connectivity index (χ4v) is 2.92. The topological polar surface area (TPSA) is 43.4 Å². The van der Waals surface area contributed by atoms with Gasteiger partial charge in [0.05, 0.1) is 7.11 Å². The van der Waals surface area contributed by atoms with Crippen molar-refractivity contribution in [2.45, 2.75) is 19.3 Å². The van der Waals surface area contributed by atoms with Gasteiger partial charge in [0.1, 0.15) is 11.5 Å². The van der Waals surface area contributed by atoms with Crippen LogP contribution in [0.1, 0.15) is 29.6 Å². The second-order valence-electron chi connectivity index (χ2n) is 5.20. The van der Waals surface area contributed by atoms with E-state index in [0.29, 0.717) is 24.8 Å². The van der Waals surface area contributed by atoms with Gasteiger partial charge in [-0.15, -0.1) is 0 Å². The highest BCUT2D eigenvalue weighted by molar-refractivity contribution is 6.11. The number of carbonyl (C=O) groups excluding carboxylic acids is 2. The monoisotopic (exact) mass is 268 g/mol. The second-order valence-corrected chi connectivity index (χ2v) is 5.20. The average Bonchev–Trinajstić information content (AvgIpc) is 2.92. The SMILES string of the molecule is COc1ccc(C(=O)C2CCC(=O)C2)c2ccccc12. The van der Waals surface area contributed by atoms with Crippen molar-refractivity contribution in [2.75, 3.05) is 7.11 Å². The molecule has 1 saturated carbocycles. The number of methoxy groups -OCH3 is 1. The maximum absolute atomic E-state index is 12.6. The average molecular weight is 268 g/mol. The Labute approximate surface area is 117 Å². The molecule has 3 nitrogen and oxygen atoms in total. The van der Waals surface area contributed by atoms with E-state index in [-0.39, 0.29) is 17.5 Å². The number of carbonyl (C=O) groups is 2. The lowest BCUT2D eigenvalue weighted by Crippen LogP contribution is -2.12. The summed E-state index contributed by atoms with van der Waals surface area (Å²) in [6.45, 7) is 0. The van der Waals surface area contributed by atoms with Crippen LogP contribution in [0.4, 0.5) is 0 Å². The summed E-state index contributed by atoms with van der Waals surface area (Å²) in [7, 11) is 1.62. The number of hydrogen-bond donors (Lipinski definition) is 0. The minimum absolute atomic E-state index is 0.0784. The summed E-state index contributed by atoms with van der Waals surface area (Å²) in [5.41, 5.74) is 0.695. The molecule has 0 radical (unpaired) electrons. The Balaban J connectivity index is 2.08. The summed E-state index contributed by atoms with van der Waals surface area (Å²) in [5, 5.41) is 1.83. The van der Waals surface area contributed by atoms with Crippen molar-refractivity contribution in [1.82, 2.24) is 0 Å². The molecule has 3 heteroatoms. The maximum Gasteiger partial charge on any atom is 0.167 e. The van der Waals surface area contributed by atoms with E-state index in [1.54, 1.807) is 7.11 Å². The predicted octanol–water partition coefficient (Wildman–Crippen LogP) is 3.40. The number of hydrogen-bond acceptors (Lipinski definition) is 3. The van der Waals surface area contributed by atoms with E-state index in [1.807, 2.05) is 36.4 Å². The number of benzene rings is 2. The Morgan fingerprint density at radius 1 is 1.15 bits per heavy atom. The van der Waals surface area contributed by atoms with Gasteiger partial charge in [-0.05, 0) is 23.9 Å². The summed E-state index contributed by atoms with van der Waals surface area (Å²) in [5.74, 6) is 0.884. The van der Waals surface area contributed by atoms with E-state index in [2.05, 4.69) is 0 Å². The zero-order valence-electron chi connectivity index (χ0n) is 11.4. The third-order valence-electron chi connectivity index (χ3n) is 3.99. The van der Waals surface area contributed by atoms with Gasteiger partial charge in [0, 0.05) is 29.7 Å². The van der Waals surface area contributed by atoms with Gasteiger partial charge >= 0.3 is 0 Å². The van der Waals surface area contributed by atoms with Crippen LogP contribution in [0.25, 0.3) is 10.8 Å². The molecule has 20 heavy (non-hydrogen) atoms. The number of ketones is 2. The zero-order valence-corrected chi connectivity index (χ0v) is 11.4. The highest BCUT2D eigenvalue weighted by atomic mass is 16.5. The van der Waals surface area contributed by atoms with E-state index in [9.17, 15) is 9.59 Å². The molecule has 0 spiro atoms. The molecule has 0 heterocycles. The van der Waals surface area contributed by atoms with Gasteiger partial charge in [0.15, 0.2) is 5.78 Å². The lowest BCUT2D eigenvalue weighted by Gasteiger charge is -2.12. The van der Waals surface area contributed by atoms with Gasteiger partial charge in [-0.25, -0.2) is 0 Å². The van der Waals surface area contributed by atoms with E-state index in [4.69, 9.17) is 4.74 Å². The van der Waals surface area contributed by atoms with Crippen LogP contribution in [-0.2, 0) is 4.79 Å². The second kappa shape index (κ2) is 5.08. The van der Waals surface area contributed by atoms with Gasteiger partial charge in [-0.1, -0.05) is 24.3 Å². The lowest BCUT2D eigenvalue weighted by molar-refractivity contribution is -0.117. The molecule has 1 atom stereocenters. The molecule has 0 N–H and O–H groups in total. The molecule has 0 amide bonds. The summed E-state index contributed by atoms with van der Waals surface area (Å²) in [4.78, 5) is 24.0. The van der Waals surface area contributed by atoms with Crippen LogP contribution in [-0.4, -0.2) is 18.7 Å². The van der Waals surface area contributed by atoms with E-state index < -0.39 is 0 Å². The largest absolute Gasteiger partial charge is 0.496 e. The van der Waals surface area contributed by atoms with E-state index in [0.717, 1.165) is 16.5 Å². The molecule has 0 aromatic heterocycles. The number of Topliss-reactive ketones (excluding diaryl/α,β-unsaturated/α-hetero) is 2. The number of rotatable bonds is 3. The third-order valence-corrected chi connectivity index (χ3v) is 3.99. The van der Waals surface area contributed by atoms with Crippen LogP contribution in [0.15, 0.2) is 36.4 Å². The van der Waals surface area contributed by atoms with Crippen molar-refractivity contribution in [3.05, 3.63) is 42.0 Å². The molecule has 0 aliphatic heterocycles. The van der Waals surface area contributed by atoms with Gasteiger partial charge in [-0.3, -0.25) is 9.59 Å². The maximum atomic E-state index is 12.6. The third kappa shape index (κ3) is 2.09. The van der Waals surface area contributed by atoms with Crippen molar-refractivity contribution in [2.24, 2.45) is 5.92 Å². The molecule has 1 unspecified atom stereocenters. The molecule has 2 aromatic rings. The van der Waals surface area contributed by atoms with Gasteiger partial charge in [-0.2, -0.15) is 0 Å². The first kappa shape index (κ1) is 12.9. The lowest BCUT2D eigenvalue weighted by atomic mass is 9.92. The smallest absolute Gasteiger partial charge is 0.167 e. The van der Waals surface area contributed by atoms with Crippen LogP contribution < -0.4 is 4.74 Å². The van der Waals surface area contributed by atoms with E-state index >= 15 is 0 Å². The molecule has 1 aliphatic rings. The molecular formula is C17H16O3. The van der Waals surface area contributed by atoms with E-state index in [1.165, 1.54) is 0 Å². The predicted molar refractivity (Wildman–Crippen MR) is 77.2 cm³/mol. The molecule has 1 fully saturated rings. The number of ether oxygens (including phenoxy) is 1. The normalized spacial score (nSPS) is 18.4. The Hall–Kier alpha value is -2.16. The Morgan fingerprint density at radius 3 is 2.55 bits per heavy atom. The number of fused-ring (bicyclic) bond motifs is 1. The first-order chi connectivity index (χ1) is 9.70. The molecule has 2 aromatic carbocycles. The van der Waals surface area contributed by atoms with Crippen LogP contribution in [0, 0.1) is 5.92 Å². The van der Waals surface area contributed by atoms with Crippen molar-refractivity contribution in [1.29, 1.82) is 0 Å². The van der Waals surface area contributed by atoms with Gasteiger partial charge < -0.3 is 4.74 Å². The Bertz CT molecular complexity index is 688. The molecular weight excluding hydrogens is 252 g/mol. The van der Waals surface area contributed by atoms with Crippen molar-refractivity contribution in [3.63, 3.8) is 0 Å². The highest BCUT2D eigenvalue weighted by Gasteiger charge is 2.29. The summed E-state index contributed by atoms with van der Waals surface area (Å²) < 4.78 is 5.34. The minimum atomic E-state index is -0.153. The molecule has 0 saturated heterocycles. The van der Waals surface area contributed by atoms with Crippen LogP contribution in [0.3, 0.4) is 0 Å². The molecule has 3 rings (SSSR count). The summed E-state index contributed by atoms with van der Waals surface area (Å²) in [6.07, 6.45) is 1.60. The molecule has 0 bridgehead atoms. The van der Waals surface area contributed by atoms with Crippen molar-refractivity contribution < 1.29 is 14.3 Å². The summed E-state index contributed by atoms with van der Waals surface area (Å²) >= 11 is 0. The van der Waals surface area contributed by atoms with Gasteiger partial charge in [0.2, 0.25) is 0 Å². The summed E-state index contributed by atoms with van der Waals surface area (Å²) in [6, 6.07) is 11.4. The van der Waals surface area contributed by atoms with Crippen molar-refractivity contribution in [3.8, 4) is 5.75 Å². The van der Waals surface area contributed by atoms with Crippen LogP contribution >= 0.6 is 0 Å². The molecule has 102 valence electrons. The fourth-order valence-electron chi connectivity index (χ4n) is 2.92. The Morgan fingerprint density at radius 2 is 1.90 bits per heavy atom. The van der Waals surface area contributed by atoms with Crippen LogP contribution in [0.5, 0.6) is 5.75 Å². The van der Waals surface area contributed by atoms with Gasteiger partial charge in [0.25, 0.3) is 0 Å². The van der Waals surface area contributed by atoms with Crippen molar-refractivity contribution >= 4 is 22.3 Å². The standard InChI is InChI=1S/C17H16O3/c1-20-16-9-8-15(13-4-2-3-5-14(13)16)17(19)11-6-7-12(18)10-11/h2-5,8-9,11H,6-7,10H2,1H3. The Kier molecular flexibility index (Phi) is 3.26. The zero-order chi connectivity index (χ0) is 14.1. The minimum Gasteiger partial charge on any atom is -0.496 e. The first-order valence-electron chi connectivity index (χ1n) is 6.82. The van der Waals surface area contributed by atoms with Crippen LogP contribution in [0.2, 0.25) is 0 Å². The first-order valence-corrected chi connectivity index (χ1v) is 6.82. The molecule has 1 aliphatic carbocycles. The highest BCUT2D eigenvalue weighted by Crippen LogP contribution is 2.32. The fraction of sp³-hybridized carbons (Fsp3) is 0.294. The quantitative estimate of drug-likeness (QED) is 0.801.